The number of halogens is 8. The summed E-state index contributed by atoms with van der Waals surface area (Å²) in [5.41, 5.74) is 0. The molecule has 0 saturated heterocycles. The highest BCUT2D eigenvalue weighted by molar-refractivity contribution is 9.10. The molecule has 0 spiro atoms. The Morgan fingerprint density at radius 3 is 2.05 bits per heavy atom. The molecule has 0 fully saturated rings. The van der Waals surface area contributed by atoms with Gasteiger partial charge in [-0.25, -0.2) is 4.79 Å². The zero-order valence-corrected chi connectivity index (χ0v) is 12.1. The van der Waals surface area contributed by atoms with Crippen molar-refractivity contribution in [2.75, 3.05) is 7.11 Å². The van der Waals surface area contributed by atoms with Crippen LogP contribution in [0.2, 0.25) is 0 Å². The van der Waals surface area contributed by atoms with E-state index in [1.54, 1.807) is 0 Å². The quantitative estimate of drug-likeness (QED) is 0.433. The third-order valence-electron chi connectivity index (χ3n) is 2.34. The van der Waals surface area contributed by atoms with Crippen molar-refractivity contribution in [3.8, 4) is 11.5 Å². The van der Waals surface area contributed by atoms with Gasteiger partial charge in [-0.1, -0.05) is 15.9 Å². The lowest BCUT2D eigenvalue weighted by Crippen LogP contribution is -2.57. The van der Waals surface area contributed by atoms with Crippen molar-refractivity contribution in [2.24, 2.45) is 0 Å². The first kappa shape index (κ1) is 18.5. The Morgan fingerprint density at radius 1 is 1.05 bits per heavy atom. The molecule has 0 N–H and O–H groups in total. The predicted molar refractivity (Wildman–Crippen MR) is 62.3 cm³/mol. The monoisotopic (exact) mass is 398 g/mol. The largest absolute Gasteiger partial charge is 0.493 e. The molecule has 0 radical (unpaired) electrons. The number of methoxy groups -OCH3 is 1. The van der Waals surface area contributed by atoms with Gasteiger partial charge in [0.25, 0.3) is 0 Å². The molecular formula is C11H6BrF7O3. The van der Waals surface area contributed by atoms with E-state index in [-0.39, 0.29) is 5.75 Å². The summed E-state index contributed by atoms with van der Waals surface area (Å²) in [6, 6.07) is 3.18. The maximum atomic E-state index is 13.1. The van der Waals surface area contributed by atoms with Crippen molar-refractivity contribution in [1.82, 2.24) is 0 Å². The summed E-state index contributed by atoms with van der Waals surface area (Å²) in [5, 5.41) is 0. The van der Waals surface area contributed by atoms with Gasteiger partial charge in [-0.3, -0.25) is 0 Å². The maximum absolute atomic E-state index is 13.1. The van der Waals surface area contributed by atoms with Gasteiger partial charge < -0.3 is 9.47 Å². The normalized spacial score (nSPS) is 13.0. The minimum absolute atomic E-state index is 0.325. The zero-order chi connectivity index (χ0) is 17.3. The molecule has 22 heavy (non-hydrogen) atoms. The molecule has 124 valence electrons. The number of esters is 1. The average molecular weight is 399 g/mol. The molecule has 0 aliphatic rings. The van der Waals surface area contributed by atoms with Crippen LogP contribution in [-0.2, 0) is 4.79 Å². The minimum Gasteiger partial charge on any atom is -0.493 e. The molecule has 0 amide bonds. The average Bonchev–Trinajstić information content (AvgIpc) is 2.38. The number of hydrogen-bond donors (Lipinski definition) is 0. The second-order valence-electron chi connectivity index (χ2n) is 3.83. The summed E-state index contributed by atoms with van der Waals surface area (Å²) < 4.78 is 96.4. The van der Waals surface area contributed by atoms with E-state index in [0.717, 1.165) is 19.2 Å². The molecule has 0 aromatic heterocycles. The summed E-state index contributed by atoms with van der Waals surface area (Å²) >= 11 is 2.96. The third kappa shape index (κ3) is 3.28. The number of rotatable bonds is 4. The molecule has 0 aliphatic carbocycles. The predicted octanol–water partition coefficient (Wildman–Crippen LogP) is 4.20. The lowest BCUT2D eigenvalue weighted by Gasteiger charge is -2.26. The molecule has 0 aliphatic heterocycles. The second-order valence-corrected chi connectivity index (χ2v) is 4.75. The smallest absolute Gasteiger partial charge is 0.460 e. The first-order valence-electron chi connectivity index (χ1n) is 5.22. The number of hydrogen-bond acceptors (Lipinski definition) is 3. The SMILES string of the molecule is COc1cc(Br)ccc1OC(=O)C(F)(F)C(F)(F)C(F)(F)F. The highest BCUT2D eigenvalue weighted by Crippen LogP contribution is 2.47. The highest BCUT2D eigenvalue weighted by atomic mass is 79.9. The Morgan fingerprint density at radius 2 is 1.59 bits per heavy atom. The first-order chi connectivity index (χ1) is 9.84. The molecule has 1 aromatic carbocycles. The van der Waals surface area contributed by atoms with Crippen molar-refractivity contribution >= 4 is 21.9 Å². The van der Waals surface area contributed by atoms with Gasteiger partial charge in [-0.2, -0.15) is 30.7 Å². The van der Waals surface area contributed by atoms with E-state index in [1.807, 2.05) is 0 Å². The molecule has 0 saturated carbocycles. The van der Waals surface area contributed by atoms with E-state index < -0.39 is 29.7 Å². The summed E-state index contributed by atoms with van der Waals surface area (Å²) in [6.07, 6.45) is -6.63. The minimum atomic E-state index is -6.63. The van der Waals surface area contributed by atoms with Crippen LogP contribution >= 0.6 is 15.9 Å². The zero-order valence-electron chi connectivity index (χ0n) is 10.5. The Balaban J connectivity index is 3.12. The lowest BCUT2D eigenvalue weighted by molar-refractivity contribution is -0.346. The van der Waals surface area contributed by atoms with Crippen LogP contribution in [0.4, 0.5) is 30.7 Å². The van der Waals surface area contributed by atoms with E-state index in [2.05, 4.69) is 25.4 Å². The number of ether oxygens (including phenoxy) is 2. The van der Waals surface area contributed by atoms with E-state index in [0.29, 0.717) is 4.47 Å². The van der Waals surface area contributed by atoms with E-state index in [4.69, 9.17) is 0 Å². The van der Waals surface area contributed by atoms with E-state index in [1.165, 1.54) is 6.07 Å². The van der Waals surface area contributed by atoms with Gasteiger partial charge in [-0.05, 0) is 18.2 Å². The maximum Gasteiger partial charge on any atom is 0.460 e. The fourth-order valence-electron chi connectivity index (χ4n) is 1.20. The lowest BCUT2D eigenvalue weighted by atomic mass is 10.1. The Kier molecular flexibility index (Phi) is 5.00. The van der Waals surface area contributed by atoms with Gasteiger partial charge in [0.2, 0.25) is 0 Å². The molecule has 0 unspecified atom stereocenters. The highest BCUT2D eigenvalue weighted by Gasteiger charge is 2.77. The summed E-state index contributed by atoms with van der Waals surface area (Å²) in [6.45, 7) is 0. The molecular weight excluding hydrogens is 393 g/mol. The number of benzene rings is 1. The van der Waals surface area contributed by atoms with E-state index >= 15 is 0 Å². The number of carbonyl (C=O) groups is 1. The van der Waals surface area contributed by atoms with Crippen LogP contribution in [0, 0.1) is 0 Å². The summed E-state index contributed by atoms with van der Waals surface area (Å²) in [5.74, 6) is -16.8. The second kappa shape index (κ2) is 5.94. The molecule has 1 aromatic rings. The number of carbonyl (C=O) groups excluding carboxylic acids is 1. The molecule has 3 nitrogen and oxygen atoms in total. The van der Waals surface area contributed by atoms with Crippen LogP contribution in [0.1, 0.15) is 0 Å². The standard InChI is InChI=1S/C11H6BrF7O3/c1-21-7-4-5(12)2-3-6(7)22-8(20)9(13,14)10(15,16)11(17,18)19/h2-4H,1H3. The molecule has 0 bridgehead atoms. The molecule has 0 atom stereocenters. The van der Waals surface area contributed by atoms with Crippen LogP contribution in [0.25, 0.3) is 0 Å². The van der Waals surface area contributed by atoms with Crippen molar-refractivity contribution < 1.29 is 45.0 Å². The van der Waals surface area contributed by atoms with Gasteiger partial charge in [0.1, 0.15) is 0 Å². The number of alkyl halides is 7. The van der Waals surface area contributed by atoms with Gasteiger partial charge in [0, 0.05) is 4.47 Å². The summed E-state index contributed by atoms with van der Waals surface area (Å²) in [7, 11) is 1.04. The van der Waals surface area contributed by atoms with Crippen LogP contribution in [0.15, 0.2) is 22.7 Å². The first-order valence-corrected chi connectivity index (χ1v) is 6.02. The van der Waals surface area contributed by atoms with Gasteiger partial charge >= 0.3 is 24.0 Å². The van der Waals surface area contributed by atoms with Crippen LogP contribution < -0.4 is 9.47 Å². The summed E-state index contributed by atoms with van der Waals surface area (Å²) in [4.78, 5) is 11.1. The van der Waals surface area contributed by atoms with Gasteiger partial charge in [0.15, 0.2) is 11.5 Å². The van der Waals surface area contributed by atoms with Crippen molar-refractivity contribution in [1.29, 1.82) is 0 Å². The topological polar surface area (TPSA) is 35.5 Å². The third-order valence-corrected chi connectivity index (χ3v) is 2.83. The fraction of sp³-hybridized carbons (Fsp3) is 0.364. The van der Waals surface area contributed by atoms with Gasteiger partial charge in [0.05, 0.1) is 7.11 Å². The molecule has 1 rings (SSSR count). The Hall–Kier alpha value is -1.52. The fourth-order valence-corrected chi connectivity index (χ4v) is 1.54. The van der Waals surface area contributed by atoms with Crippen LogP contribution in [0.5, 0.6) is 11.5 Å². The van der Waals surface area contributed by atoms with Gasteiger partial charge in [-0.15, -0.1) is 0 Å². The molecule has 11 heteroatoms. The van der Waals surface area contributed by atoms with Crippen molar-refractivity contribution in [3.63, 3.8) is 0 Å². The van der Waals surface area contributed by atoms with Crippen molar-refractivity contribution in [3.05, 3.63) is 22.7 Å². The Labute approximate surface area is 127 Å². The Bertz CT molecular complexity index is 571. The molecule has 0 heterocycles. The van der Waals surface area contributed by atoms with Crippen LogP contribution in [-0.4, -0.2) is 31.1 Å². The van der Waals surface area contributed by atoms with E-state index in [9.17, 15) is 35.5 Å². The van der Waals surface area contributed by atoms with Crippen molar-refractivity contribution in [2.45, 2.75) is 18.0 Å². The van der Waals surface area contributed by atoms with Crippen LogP contribution in [0.3, 0.4) is 0 Å².